The molecule has 0 aromatic heterocycles. The van der Waals surface area contributed by atoms with Gasteiger partial charge in [0.05, 0.1) is 48.4 Å². The summed E-state index contributed by atoms with van der Waals surface area (Å²) < 4.78 is 10.5. The van der Waals surface area contributed by atoms with Crippen LogP contribution in [-0.4, -0.2) is 48.4 Å². The number of methoxy groups -OCH3 is 2. The van der Waals surface area contributed by atoms with E-state index in [9.17, 15) is 14.7 Å². The lowest BCUT2D eigenvalue weighted by Gasteiger charge is -2.40. The van der Waals surface area contributed by atoms with Crippen molar-refractivity contribution in [3.63, 3.8) is 0 Å². The topological polar surface area (TPSA) is 122 Å². The van der Waals surface area contributed by atoms with Gasteiger partial charge >= 0.3 is 11.9 Å². The van der Waals surface area contributed by atoms with E-state index in [4.69, 9.17) is 24.5 Å². The summed E-state index contributed by atoms with van der Waals surface area (Å²) in [4.78, 5) is 41.9. The van der Waals surface area contributed by atoms with Gasteiger partial charge < -0.3 is 19.9 Å². The Hall–Kier alpha value is -4.79. The molecule has 0 aromatic rings. The largest absolute Gasteiger partial charge is 0.510 e. The van der Waals surface area contributed by atoms with Gasteiger partial charge in [-0.1, -0.05) is 47.3 Å². The van der Waals surface area contributed by atoms with Crippen LogP contribution in [0, 0.1) is 22.7 Å². The quantitative estimate of drug-likeness (QED) is 0.264. The number of fused-ring (bicyclic) bond motifs is 5. The number of aliphatic imine (C=N–C) groups is 3. The predicted octanol–water partition coefficient (Wildman–Crippen LogP) is 8.00. The molecule has 0 unspecified atom stereocenters. The second-order valence-corrected chi connectivity index (χ2v) is 15.1. The van der Waals surface area contributed by atoms with E-state index in [1.54, 1.807) is 0 Å². The van der Waals surface area contributed by atoms with Crippen molar-refractivity contribution in [1.29, 1.82) is 0 Å². The molecule has 0 spiro atoms. The van der Waals surface area contributed by atoms with Crippen LogP contribution in [0.25, 0.3) is 0 Å². The third-order valence-electron chi connectivity index (χ3n) is 11.0. The Morgan fingerprint density at radius 1 is 1.00 bits per heavy atom. The Kier molecular flexibility index (Phi) is 8.77. The maximum atomic E-state index is 13.7. The smallest absolute Gasteiger partial charge is 0.321 e. The van der Waals surface area contributed by atoms with Crippen molar-refractivity contribution in [1.82, 2.24) is 5.32 Å². The number of aliphatic hydroxyl groups is 1. The Morgan fingerprint density at radius 3 is 2.30 bits per heavy atom. The summed E-state index contributed by atoms with van der Waals surface area (Å²) in [6, 6.07) is 0. The van der Waals surface area contributed by atoms with Gasteiger partial charge in [0.1, 0.15) is 11.7 Å². The third kappa shape index (κ3) is 5.42. The highest BCUT2D eigenvalue weighted by molar-refractivity contribution is 6.24. The van der Waals surface area contributed by atoms with Crippen molar-refractivity contribution in [2.24, 2.45) is 37.6 Å². The average molecular weight is 677 g/mol. The van der Waals surface area contributed by atoms with E-state index in [1.807, 2.05) is 32.1 Å². The van der Waals surface area contributed by atoms with E-state index in [1.165, 1.54) is 14.2 Å². The lowest BCUT2D eigenvalue weighted by Crippen LogP contribution is -2.36. The molecular weight excluding hydrogens is 628 g/mol. The minimum absolute atomic E-state index is 0.0881. The predicted molar refractivity (Wildman–Crippen MR) is 197 cm³/mol. The van der Waals surface area contributed by atoms with Crippen LogP contribution in [0.5, 0.6) is 0 Å². The number of carbonyl (C=O) groups is 2. The van der Waals surface area contributed by atoms with Crippen molar-refractivity contribution >= 4 is 29.1 Å². The third-order valence-corrected chi connectivity index (χ3v) is 11.0. The molecule has 1 aliphatic carbocycles. The van der Waals surface area contributed by atoms with Crippen molar-refractivity contribution < 1.29 is 24.2 Å². The van der Waals surface area contributed by atoms with Crippen molar-refractivity contribution in [2.45, 2.75) is 81.1 Å². The molecule has 0 radical (unpaired) electrons. The highest BCUT2D eigenvalue weighted by Gasteiger charge is 2.55. The van der Waals surface area contributed by atoms with E-state index < -0.39 is 17.3 Å². The number of aliphatic hydroxyl groups excluding tert-OH is 1. The second kappa shape index (κ2) is 12.5. The molecule has 8 bridgehead atoms. The minimum atomic E-state index is -1.10. The van der Waals surface area contributed by atoms with E-state index in [-0.39, 0.29) is 29.5 Å². The molecule has 0 saturated carbocycles. The number of carbonyl (C=O) groups excluding carboxylic acids is 2. The summed E-state index contributed by atoms with van der Waals surface area (Å²) in [6.07, 6.45) is 9.95. The summed E-state index contributed by atoms with van der Waals surface area (Å²) in [5, 5.41) is 15.7. The number of hydrogen-bond donors (Lipinski definition) is 2. The summed E-state index contributed by atoms with van der Waals surface area (Å²) >= 11 is 0. The summed E-state index contributed by atoms with van der Waals surface area (Å²) in [7, 11) is 2.73. The standard InChI is InChI=1S/C41H48N4O5/c1-12-24-20(3)26-16-29-23(6)41(19-40(7,8)9,15-14-32(46)49-10)38(45-29)34-35(39(48)50-11)37(47)33-22(5)28(44-36(33)34)18-31-25(13-2)21(4)27(43-31)17-30(24)42-26/h12,16-18,23,35,45,47H,1,13-15,19H2,2-11H3/t23-,35-,41-/m1/s1. The number of ether oxygens (including phenoxy) is 2. The molecule has 1 fully saturated rings. The minimum Gasteiger partial charge on any atom is -0.510 e. The molecule has 0 aromatic carbocycles. The fraction of sp³-hybridized carbons (Fsp3) is 0.439. The summed E-state index contributed by atoms with van der Waals surface area (Å²) in [6.45, 7) is 21.0. The van der Waals surface area contributed by atoms with Crippen LogP contribution in [0.15, 0.2) is 119 Å². The van der Waals surface area contributed by atoms with Gasteiger partial charge in [-0.25, -0.2) is 15.0 Å². The number of nitrogens with one attached hydrogen (secondary N) is 1. The van der Waals surface area contributed by atoms with Crippen LogP contribution in [0.1, 0.15) is 81.1 Å². The van der Waals surface area contributed by atoms with Crippen LogP contribution < -0.4 is 5.32 Å². The average Bonchev–Trinajstić information content (AvgIpc) is 3.79. The first-order valence-electron chi connectivity index (χ1n) is 17.4. The van der Waals surface area contributed by atoms with Gasteiger partial charge in [-0.2, -0.15) is 0 Å². The molecule has 2 N–H and O–H groups in total. The zero-order valence-corrected chi connectivity index (χ0v) is 30.9. The van der Waals surface area contributed by atoms with Crippen LogP contribution in [-0.2, 0) is 19.1 Å². The first kappa shape index (κ1) is 35.1. The van der Waals surface area contributed by atoms with Crippen LogP contribution >= 0.6 is 0 Å². The molecule has 9 nitrogen and oxygen atoms in total. The first-order chi connectivity index (χ1) is 23.6. The number of rotatable bonds is 7. The van der Waals surface area contributed by atoms with Gasteiger partial charge in [0, 0.05) is 45.9 Å². The molecule has 0 amide bonds. The van der Waals surface area contributed by atoms with Gasteiger partial charge in [0.25, 0.3) is 0 Å². The molecule has 6 rings (SSSR count). The van der Waals surface area contributed by atoms with E-state index in [0.717, 1.165) is 68.5 Å². The van der Waals surface area contributed by atoms with Crippen molar-refractivity contribution in [3.8, 4) is 0 Å². The van der Waals surface area contributed by atoms with Gasteiger partial charge in [-0.15, -0.1) is 0 Å². The Labute approximate surface area is 295 Å². The van der Waals surface area contributed by atoms with Gasteiger partial charge in [0.2, 0.25) is 0 Å². The Bertz CT molecular complexity index is 2000. The number of allylic oxidation sites excluding steroid dienone is 11. The maximum Gasteiger partial charge on any atom is 0.321 e. The number of esters is 2. The van der Waals surface area contributed by atoms with Crippen molar-refractivity contribution in [2.75, 3.05) is 14.2 Å². The lowest BCUT2D eigenvalue weighted by molar-refractivity contribution is -0.144. The highest BCUT2D eigenvalue weighted by Crippen LogP contribution is 2.58. The normalized spacial score (nSPS) is 25.8. The molecule has 5 aliphatic heterocycles. The monoisotopic (exact) mass is 676 g/mol. The van der Waals surface area contributed by atoms with Crippen molar-refractivity contribution in [3.05, 3.63) is 104 Å². The zero-order chi connectivity index (χ0) is 36.4. The highest BCUT2D eigenvalue weighted by atomic mass is 16.5. The van der Waals surface area contributed by atoms with Gasteiger partial charge in [0.15, 0.2) is 0 Å². The molecule has 3 atom stereocenters. The zero-order valence-electron chi connectivity index (χ0n) is 30.9. The Morgan fingerprint density at radius 2 is 1.68 bits per heavy atom. The molecule has 50 heavy (non-hydrogen) atoms. The Balaban J connectivity index is 1.74. The first-order valence-corrected chi connectivity index (χ1v) is 17.4. The SMILES string of the molecule is C=CC1=C(C)C2=NC1=CC1=NC(=CC3=C(C)C4=C(O)[C@H](C(=O)OC)C(=C5NC(=C2)[C@@H](C)[C@@]5(CCC(=O)OC)CC(C)(C)C)C4=N3)C(CC)=C1C. The van der Waals surface area contributed by atoms with Crippen LogP contribution in [0.2, 0.25) is 0 Å². The van der Waals surface area contributed by atoms with E-state index in [2.05, 4.69) is 59.5 Å². The molecule has 9 heteroatoms. The fourth-order valence-corrected chi connectivity index (χ4v) is 8.53. The second-order valence-electron chi connectivity index (χ2n) is 15.1. The van der Waals surface area contributed by atoms with Crippen LogP contribution in [0.3, 0.4) is 0 Å². The molecule has 6 aliphatic rings. The number of hydrogen-bond acceptors (Lipinski definition) is 9. The van der Waals surface area contributed by atoms with Crippen LogP contribution in [0.4, 0.5) is 0 Å². The molecule has 262 valence electrons. The van der Waals surface area contributed by atoms with E-state index in [0.29, 0.717) is 35.4 Å². The molecular formula is C41H48N4O5. The lowest BCUT2D eigenvalue weighted by atomic mass is 9.63. The number of nitrogens with zero attached hydrogens (tertiary/aromatic N) is 3. The molecule has 1 saturated heterocycles. The van der Waals surface area contributed by atoms with E-state index >= 15 is 0 Å². The van der Waals surface area contributed by atoms with Gasteiger partial charge in [-0.3, -0.25) is 9.59 Å². The fourth-order valence-electron chi connectivity index (χ4n) is 8.53. The summed E-state index contributed by atoms with van der Waals surface area (Å²) in [5.41, 5.74) is 11.1. The molecule has 5 heterocycles. The maximum absolute atomic E-state index is 13.7. The van der Waals surface area contributed by atoms with Gasteiger partial charge in [-0.05, 0) is 86.0 Å². The summed E-state index contributed by atoms with van der Waals surface area (Å²) in [5.74, 6) is -2.24.